The summed E-state index contributed by atoms with van der Waals surface area (Å²) >= 11 is 0. The molecule has 6 heavy (non-hydrogen) atoms. The zero-order valence-electron chi connectivity index (χ0n) is 3.48. The first-order chi connectivity index (χ1) is 2.41. The Bertz CT molecular complexity index is 16.3. The minimum atomic E-state index is 0. The molecule has 0 aliphatic heterocycles. The third-order valence-corrected chi connectivity index (χ3v) is 0.289. The van der Waals surface area contributed by atoms with E-state index in [1.165, 1.54) is 0 Å². The maximum absolute atomic E-state index is 5.00. The van der Waals surface area contributed by atoms with Crippen molar-refractivity contribution in [1.29, 1.82) is 0 Å². The van der Waals surface area contributed by atoms with Crippen LogP contribution in [0, 0.1) is 0 Å². The lowest BCUT2D eigenvalue weighted by molar-refractivity contribution is 0.738. The summed E-state index contributed by atoms with van der Waals surface area (Å²) in [6, 6.07) is 0. The number of nitrogens with one attached hydrogen (secondary N) is 1. The molecule has 0 aromatic carbocycles. The Kier molecular flexibility index (Phi) is 14.5. The largest absolute Gasteiger partial charge is 0.329 e. The summed E-state index contributed by atoms with van der Waals surface area (Å²) in [5.41, 5.74) is 7.39. The summed E-state index contributed by atoms with van der Waals surface area (Å²) < 4.78 is 0. The number of rotatable bonds is 2. The van der Waals surface area contributed by atoms with Crippen LogP contribution in [0.5, 0.6) is 0 Å². The normalized spacial score (nSPS) is 7.00. The molecule has 0 aromatic rings. The second-order valence-corrected chi connectivity index (χ2v) is 0.743. The first kappa shape index (κ1) is 9.61. The van der Waals surface area contributed by atoms with Crippen molar-refractivity contribution in [2.45, 2.75) is 0 Å². The van der Waals surface area contributed by atoms with Crippen molar-refractivity contribution >= 4 is 17.0 Å². The Morgan fingerprint density at radius 3 is 2.00 bits per heavy atom. The molecule has 0 heterocycles. The molecule has 0 aliphatic carbocycles. The number of halogens is 1. The minimum Gasteiger partial charge on any atom is -0.329 e. The first-order valence-electron chi connectivity index (χ1n) is 1.55. The van der Waals surface area contributed by atoms with E-state index >= 15 is 0 Å². The molecule has 0 amide bonds. The second-order valence-electron chi connectivity index (χ2n) is 0.743. The molecule has 0 atom stereocenters. The molecule has 0 unspecified atom stereocenters. The van der Waals surface area contributed by atoms with Gasteiger partial charge in [0.05, 0.1) is 0 Å². The lowest BCUT2D eigenvalue weighted by atomic mass is 10.7. The van der Waals surface area contributed by atoms with E-state index in [2.05, 4.69) is 5.43 Å². The van der Waals surface area contributed by atoms with E-state index < -0.39 is 0 Å². The van der Waals surface area contributed by atoms with Crippen LogP contribution < -0.4 is 17.0 Å². The van der Waals surface area contributed by atoms with Gasteiger partial charge in [0, 0.05) is 13.1 Å². The van der Waals surface area contributed by atoms with E-state index in [9.17, 15) is 0 Å². The summed E-state index contributed by atoms with van der Waals surface area (Å²) in [6.45, 7) is 1.30. The molecule has 0 saturated carbocycles. The van der Waals surface area contributed by atoms with Crippen molar-refractivity contribution in [3.05, 3.63) is 0 Å². The van der Waals surface area contributed by atoms with E-state index in [-0.39, 0.29) is 17.0 Å². The van der Waals surface area contributed by atoms with E-state index in [1.54, 1.807) is 0 Å². The summed E-state index contributed by atoms with van der Waals surface area (Å²) in [4.78, 5) is 0. The van der Waals surface area contributed by atoms with Crippen LogP contribution in [0.25, 0.3) is 0 Å². The highest BCUT2D eigenvalue weighted by atomic mass is 79.9. The van der Waals surface area contributed by atoms with Gasteiger partial charge in [-0.3, -0.25) is 11.3 Å². The van der Waals surface area contributed by atoms with Crippen LogP contribution in [-0.2, 0) is 0 Å². The van der Waals surface area contributed by atoms with Gasteiger partial charge in [-0.2, -0.15) is 0 Å². The van der Waals surface area contributed by atoms with E-state index in [0.717, 1.165) is 0 Å². The number of hydrazine groups is 1. The molecular weight excluding hydrogens is 146 g/mol. The fraction of sp³-hybridized carbons (Fsp3) is 1.00. The highest BCUT2D eigenvalue weighted by Gasteiger charge is 1.64. The van der Waals surface area contributed by atoms with Gasteiger partial charge in [0.1, 0.15) is 0 Å². The average molecular weight is 156 g/mol. The fourth-order valence-electron chi connectivity index (χ4n) is 0.0833. The van der Waals surface area contributed by atoms with Gasteiger partial charge in [0.2, 0.25) is 0 Å². The Morgan fingerprint density at radius 2 is 2.00 bits per heavy atom. The average Bonchev–Trinajstić information content (AvgIpc) is 1.41. The lowest BCUT2D eigenvalue weighted by Gasteiger charge is -1.85. The van der Waals surface area contributed by atoms with Crippen LogP contribution in [0.3, 0.4) is 0 Å². The van der Waals surface area contributed by atoms with Crippen LogP contribution in [0.2, 0.25) is 0 Å². The van der Waals surface area contributed by atoms with Crippen molar-refractivity contribution in [1.82, 2.24) is 5.43 Å². The zero-order chi connectivity index (χ0) is 4.12. The maximum atomic E-state index is 5.00. The molecule has 0 bridgehead atoms. The van der Waals surface area contributed by atoms with E-state index in [4.69, 9.17) is 11.6 Å². The predicted molar refractivity (Wildman–Crippen MR) is 31.6 cm³/mol. The van der Waals surface area contributed by atoms with Crippen LogP contribution in [0.1, 0.15) is 0 Å². The van der Waals surface area contributed by atoms with E-state index in [0.29, 0.717) is 13.1 Å². The summed E-state index contributed by atoms with van der Waals surface area (Å²) in [6.07, 6.45) is 0. The summed E-state index contributed by atoms with van der Waals surface area (Å²) in [5.74, 6) is 4.81. The standard InChI is InChI=1S/C2H9N3.BrH/c3-1-2-5-4;/h5H,1-4H2;1H. The van der Waals surface area contributed by atoms with Gasteiger partial charge in [-0.05, 0) is 0 Å². The number of nitrogens with two attached hydrogens (primary N) is 2. The van der Waals surface area contributed by atoms with Crippen molar-refractivity contribution < 1.29 is 0 Å². The molecule has 3 nitrogen and oxygen atoms in total. The second kappa shape index (κ2) is 9.03. The SMILES string of the molecule is Br.NCCNN. The third-order valence-electron chi connectivity index (χ3n) is 0.289. The molecule has 0 spiro atoms. The topological polar surface area (TPSA) is 64.1 Å². The Morgan fingerprint density at radius 1 is 1.50 bits per heavy atom. The molecule has 5 N–H and O–H groups in total. The monoisotopic (exact) mass is 155 g/mol. The Balaban J connectivity index is 0. The van der Waals surface area contributed by atoms with Crippen LogP contribution in [-0.4, -0.2) is 13.1 Å². The highest BCUT2D eigenvalue weighted by Crippen LogP contribution is 1.33. The van der Waals surface area contributed by atoms with Gasteiger partial charge in [-0.25, -0.2) is 0 Å². The molecule has 0 aliphatic rings. The Hall–Kier alpha value is 0.360. The molecule has 0 radical (unpaired) electrons. The zero-order valence-corrected chi connectivity index (χ0v) is 5.19. The van der Waals surface area contributed by atoms with Gasteiger partial charge in [0.25, 0.3) is 0 Å². The summed E-state index contributed by atoms with van der Waals surface area (Å²) in [5, 5.41) is 0. The van der Waals surface area contributed by atoms with Gasteiger partial charge in [-0.15, -0.1) is 17.0 Å². The number of hydrogen-bond acceptors (Lipinski definition) is 3. The highest BCUT2D eigenvalue weighted by molar-refractivity contribution is 8.93. The third kappa shape index (κ3) is 8.84. The molecule has 0 fully saturated rings. The van der Waals surface area contributed by atoms with Gasteiger partial charge in [-0.1, -0.05) is 0 Å². The van der Waals surface area contributed by atoms with E-state index in [1.807, 2.05) is 0 Å². The van der Waals surface area contributed by atoms with Crippen molar-refractivity contribution in [2.75, 3.05) is 13.1 Å². The van der Waals surface area contributed by atoms with Crippen molar-refractivity contribution in [3.63, 3.8) is 0 Å². The molecule has 0 aromatic heterocycles. The maximum Gasteiger partial charge on any atom is 0.0220 e. The molecular formula is C2H10BrN3. The predicted octanol–water partition coefficient (Wildman–Crippen LogP) is -1.01. The lowest BCUT2D eigenvalue weighted by Crippen LogP contribution is -2.28. The molecule has 0 rings (SSSR count). The summed E-state index contributed by atoms with van der Waals surface area (Å²) in [7, 11) is 0. The quantitative estimate of drug-likeness (QED) is 0.354. The van der Waals surface area contributed by atoms with Gasteiger partial charge in [0.15, 0.2) is 0 Å². The van der Waals surface area contributed by atoms with Crippen LogP contribution >= 0.6 is 17.0 Å². The Labute approximate surface area is 47.8 Å². The molecule has 40 valence electrons. The fourth-order valence-corrected chi connectivity index (χ4v) is 0.0833. The van der Waals surface area contributed by atoms with Gasteiger partial charge >= 0.3 is 0 Å². The minimum absolute atomic E-state index is 0. The van der Waals surface area contributed by atoms with Crippen molar-refractivity contribution in [3.8, 4) is 0 Å². The smallest absolute Gasteiger partial charge is 0.0220 e. The van der Waals surface area contributed by atoms with Crippen molar-refractivity contribution in [2.24, 2.45) is 11.6 Å². The van der Waals surface area contributed by atoms with Gasteiger partial charge < -0.3 is 5.73 Å². The first-order valence-corrected chi connectivity index (χ1v) is 1.55. The molecule has 0 saturated heterocycles. The van der Waals surface area contributed by atoms with Crippen LogP contribution in [0.15, 0.2) is 0 Å². The molecule has 4 heteroatoms. The van der Waals surface area contributed by atoms with Crippen LogP contribution in [0.4, 0.5) is 0 Å². The number of hydrogen-bond donors (Lipinski definition) is 3.